The first kappa shape index (κ1) is 6.67. The zero-order valence-electron chi connectivity index (χ0n) is 4.84. The molecule has 0 atom stereocenters. The van der Waals surface area contributed by atoms with Gasteiger partial charge in [0.15, 0.2) is 0 Å². The van der Waals surface area contributed by atoms with Crippen LogP contribution in [0, 0.1) is 12.0 Å². The van der Waals surface area contributed by atoms with E-state index in [2.05, 4.69) is 11.2 Å². The highest BCUT2D eigenvalue weighted by molar-refractivity contribution is 5.86. The Hall–Kier alpha value is -1.45. The molecule has 1 heterocycles. The molecule has 1 N–H and O–H groups in total. The average molecular weight is 140 g/mol. The fraction of sp³-hybridized carbons (Fsp3) is 0. The number of aromatic nitrogens is 1. The molecule has 0 aliphatic rings. The van der Waals surface area contributed by atoms with Crippen LogP contribution in [-0.2, 0) is 0 Å². The maximum absolute atomic E-state index is 12.2. The van der Waals surface area contributed by atoms with Crippen molar-refractivity contribution in [3.63, 3.8) is 0 Å². The minimum absolute atomic E-state index is 0.264. The third-order valence-electron chi connectivity index (χ3n) is 0.886. The molecule has 0 saturated carbocycles. The van der Waals surface area contributed by atoms with Crippen LogP contribution < -0.4 is 0 Å². The van der Waals surface area contributed by atoms with Crippen molar-refractivity contribution in [1.29, 1.82) is 0 Å². The Morgan fingerprint density at radius 3 is 2.90 bits per heavy atom. The summed E-state index contributed by atoms with van der Waals surface area (Å²) in [5, 5.41) is 8.27. The lowest BCUT2D eigenvalue weighted by atomic mass is 10.3. The zero-order chi connectivity index (χ0) is 7.56. The van der Waals surface area contributed by atoms with Gasteiger partial charge in [0.05, 0.1) is 11.8 Å². The van der Waals surface area contributed by atoms with Crippen molar-refractivity contribution < 1.29 is 14.3 Å². The van der Waals surface area contributed by atoms with E-state index >= 15 is 0 Å². The summed E-state index contributed by atoms with van der Waals surface area (Å²) in [7, 11) is 0. The summed E-state index contributed by atoms with van der Waals surface area (Å²) in [6.07, 6.45) is 3.01. The molecular weight excluding hydrogens is 137 g/mol. The van der Waals surface area contributed by atoms with Gasteiger partial charge in [0, 0.05) is 0 Å². The standard InChI is InChI=1S/C6H3FNO2/c7-5-1-4(6(9)10)2-8-3-5/h1,3H,(H,9,10). The van der Waals surface area contributed by atoms with E-state index in [4.69, 9.17) is 5.11 Å². The van der Waals surface area contributed by atoms with Gasteiger partial charge in [0.2, 0.25) is 0 Å². The van der Waals surface area contributed by atoms with E-state index < -0.39 is 11.8 Å². The van der Waals surface area contributed by atoms with Crippen molar-refractivity contribution in [2.45, 2.75) is 0 Å². The Balaban J connectivity index is 3.07. The molecule has 0 aliphatic heterocycles. The molecule has 1 rings (SSSR count). The molecule has 0 amide bonds. The van der Waals surface area contributed by atoms with Crippen molar-refractivity contribution in [3.8, 4) is 0 Å². The second-order valence-corrected chi connectivity index (χ2v) is 1.62. The minimum Gasteiger partial charge on any atom is -0.478 e. The first-order chi connectivity index (χ1) is 4.70. The Morgan fingerprint density at radius 1 is 1.80 bits per heavy atom. The normalized spacial score (nSPS) is 9.30. The van der Waals surface area contributed by atoms with Gasteiger partial charge in [-0.25, -0.2) is 9.18 Å². The number of carboxylic acid groups (broad SMARTS) is 1. The number of carboxylic acids is 1. The van der Waals surface area contributed by atoms with Gasteiger partial charge in [-0.3, -0.25) is 4.98 Å². The van der Waals surface area contributed by atoms with Crippen LogP contribution in [0.1, 0.15) is 10.4 Å². The fourth-order valence-electron chi connectivity index (χ4n) is 0.480. The summed E-state index contributed by atoms with van der Waals surface area (Å²) in [4.78, 5) is 13.3. The lowest BCUT2D eigenvalue weighted by Crippen LogP contribution is -1.97. The van der Waals surface area contributed by atoms with Gasteiger partial charge in [0.25, 0.3) is 0 Å². The third kappa shape index (κ3) is 1.28. The van der Waals surface area contributed by atoms with Crippen LogP contribution in [0.5, 0.6) is 0 Å². The summed E-state index contributed by atoms with van der Waals surface area (Å²) < 4.78 is 12.2. The molecule has 0 aliphatic carbocycles. The summed E-state index contributed by atoms with van der Waals surface area (Å²) in [5.41, 5.74) is -0.264. The van der Waals surface area contributed by atoms with Crippen molar-refractivity contribution in [2.75, 3.05) is 0 Å². The van der Waals surface area contributed by atoms with Crippen LogP contribution in [0.4, 0.5) is 4.39 Å². The van der Waals surface area contributed by atoms with Gasteiger partial charge >= 0.3 is 5.97 Å². The second-order valence-electron chi connectivity index (χ2n) is 1.62. The van der Waals surface area contributed by atoms with Crippen molar-refractivity contribution in [1.82, 2.24) is 4.98 Å². The molecule has 0 saturated heterocycles. The van der Waals surface area contributed by atoms with Crippen molar-refractivity contribution in [3.05, 3.63) is 29.8 Å². The van der Waals surface area contributed by atoms with Crippen LogP contribution in [0.2, 0.25) is 0 Å². The summed E-state index contributed by atoms with van der Waals surface area (Å²) in [6, 6.07) is 0.856. The first-order valence-electron chi connectivity index (χ1n) is 2.46. The van der Waals surface area contributed by atoms with Gasteiger partial charge < -0.3 is 5.11 Å². The smallest absolute Gasteiger partial charge is 0.338 e. The molecule has 1 aromatic rings. The highest BCUT2D eigenvalue weighted by atomic mass is 19.1. The van der Waals surface area contributed by atoms with E-state index in [9.17, 15) is 9.18 Å². The lowest BCUT2D eigenvalue weighted by Gasteiger charge is -1.89. The minimum atomic E-state index is -1.23. The predicted molar refractivity (Wildman–Crippen MR) is 30.0 cm³/mol. The number of carbonyl (C=O) groups is 1. The van der Waals surface area contributed by atoms with E-state index in [1.165, 1.54) is 0 Å². The van der Waals surface area contributed by atoms with Crippen LogP contribution in [0.3, 0.4) is 0 Å². The van der Waals surface area contributed by atoms with Crippen LogP contribution in [0.25, 0.3) is 0 Å². The average Bonchev–Trinajstić information content (AvgIpc) is 1.88. The van der Waals surface area contributed by atoms with Crippen LogP contribution in [-0.4, -0.2) is 16.1 Å². The van der Waals surface area contributed by atoms with Gasteiger partial charge in [-0.05, 0) is 6.07 Å². The lowest BCUT2D eigenvalue weighted by molar-refractivity contribution is 0.0695. The monoisotopic (exact) mass is 140 g/mol. The number of hydrogen-bond donors (Lipinski definition) is 1. The maximum atomic E-state index is 12.2. The third-order valence-corrected chi connectivity index (χ3v) is 0.886. The Labute approximate surface area is 56.1 Å². The molecule has 1 radical (unpaired) electrons. The second kappa shape index (κ2) is 2.43. The molecule has 0 aromatic carbocycles. The molecule has 51 valence electrons. The number of halogens is 1. The molecule has 0 spiro atoms. The highest BCUT2D eigenvalue weighted by Crippen LogP contribution is 1.98. The quantitative estimate of drug-likeness (QED) is 0.625. The Bertz CT molecular complexity index is 262. The van der Waals surface area contributed by atoms with E-state index in [0.29, 0.717) is 0 Å². The first-order valence-corrected chi connectivity index (χ1v) is 2.46. The number of hydrogen-bond acceptors (Lipinski definition) is 2. The maximum Gasteiger partial charge on any atom is 0.338 e. The molecule has 1 aromatic heterocycles. The number of rotatable bonds is 1. The fourth-order valence-corrected chi connectivity index (χ4v) is 0.480. The van der Waals surface area contributed by atoms with E-state index in [1.807, 2.05) is 0 Å². The Kier molecular flexibility index (Phi) is 1.62. The predicted octanol–water partition coefficient (Wildman–Crippen LogP) is 0.719. The molecule has 0 bridgehead atoms. The van der Waals surface area contributed by atoms with Gasteiger partial charge in [0.1, 0.15) is 12.0 Å². The van der Waals surface area contributed by atoms with Gasteiger partial charge in [-0.1, -0.05) is 0 Å². The highest BCUT2D eigenvalue weighted by Gasteiger charge is 2.03. The van der Waals surface area contributed by atoms with Crippen molar-refractivity contribution in [2.24, 2.45) is 0 Å². The Morgan fingerprint density at radius 2 is 2.50 bits per heavy atom. The topological polar surface area (TPSA) is 50.2 Å². The van der Waals surface area contributed by atoms with E-state index in [-0.39, 0.29) is 5.56 Å². The molecule has 3 nitrogen and oxygen atoms in total. The van der Waals surface area contributed by atoms with E-state index in [1.54, 1.807) is 0 Å². The molecular formula is C6H3FNO2. The van der Waals surface area contributed by atoms with Crippen LogP contribution in [0.15, 0.2) is 12.3 Å². The summed E-state index contributed by atoms with van der Waals surface area (Å²) in [6.45, 7) is 0. The molecule has 10 heavy (non-hydrogen) atoms. The SMILES string of the molecule is O=C(O)c1[c]ncc(F)c1. The van der Waals surface area contributed by atoms with Gasteiger partial charge in [-0.2, -0.15) is 0 Å². The number of pyridine rings is 1. The van der Waals surface area contributed by atoms with E-state index in [0.717, 1.165) is 12.3 Å². The zero-order valence-corrected chi connectivity index (χ0v) is 4.84. The molecule has 0 fully saturated rings. The van der Waals surface area contributed by atoms with Gasteiger partial charge in [-0.15, -0.1) is 0 Å². The van der Waals surface area contributed by atoms with Crippen molar-refractivity contribution >= 4 is 5.97 Å². The largest absolute Gasteiger partial charge is 0.478 e. The summed E-state index contributed by atoms with van der Waals surface area (Å²) >= 11 is 0. The summed E-state index contributed by atoms with van der Waals surface area (Å²) in [5.74, 6) is -1.90. The number of nitrogens with zero attached hydrogens (tertiary/aromatic N) is 1. The van der Waals surface area contributed by atoms with Crippen LogP contribution >= 0.6 is 0 Å². The number of aromatic carboxylic acids is 1. The molecule has 4 heteroatoms. The molecule has 0 unspecified atom stereocenters.